The number of nitrogens with zero attached hydrogens (tertiary/aromatic N) is 1. The van der Waals surface area contributed by atoms with E-state index in [4.69, 9.17) is 9.84 Å². The molecule has 0 amide bonds. The van der Waals surface area contributed by atoms with E-state index < -0.39 is 17.7 Å². The van der Waals surface area contributed by atoms with Crippen molar-refractivity contribution in [2.45, 2.75) is 26.4 Å². The first kappa shape index (κ1) is 16.8. The number of carbonyl (C=O) groups excluding carboxylic acids is 1. The molecule has 25 heavy (non-hydrogen) atoms. The zero-order chi connectivity index (χ0) is 18.2. The smallest absolute Gasteiger partial charge is 0.418 e. The molecule has 0 bridgehead atoms. The van der Waals surface area contributed by atoms with Crippen LogP contribution in [0.25, 0.3) is 22.0 Å². The van der Waals surface area contributed by atoms with Crippen LogP contribution in [0.15, 0.2) is 54.7 Å². The molecule has 0 saturated carbocycles. The van der Waals surface area contributed by atoms with Crippen LogP contribution >= 0.6 is 0 Å². The van der Waals surface area contributed by atoms with Gasteiger partial charge in [-0.05, 0) is 62.2 Å². The van der Waals surface area contributed by atoms with Gasteiger partial charge in [-0.25, -0.2) is 9.59 Å². The van der Waals surface area contributed by atoms with Gasteiger partial charge in [0.05, 0.1) is 11.1 Å². The van der Waals surface area contributed by atoms with Gasteiger partial charge < -0.3 is 9.84 Å². The summed E-state index contributed by atoms with van der Waals surface area (Å²) >= 11 is 0. The van der Waals surface area contributed by atoms with E-state index in [9.17, 15) is 9.59 Å². The van der Waals surface area contributed by atoms with Crippen molar-refractivity contribution < 1.29 is 19.4 Å². The SMILES string of the molecule is CC(C)(C)OC(=O)n1ccc2cc(-c3ccc(C(=O)O)cc3)ccc21. The van der Waals surface area contributed by atoms with E-state index in [0.717, 1.165) is 22.0 Å². The Morgan fingerprint density at radius 1 is 0.960 bits per heavy atom. The normalized spacial score (nSPS) is 11.5. The lowest BCUT2D eigenvalue weighted by atomic mass is 10.0. The van der Waals surface area contributed by atoms with Crippen LogP contribution in [0.4, 0.5) is 4.79 Å². The summed E-state index contributed by atoms with van der Waals surface area (Å²) in [6.07, 6.45) is 1.27. The number of carboxylic acid groups (broad SMARTS) is 1. The number of hydrogen-bond acceptors (Lipinski definition) is 3. The number of ether oxygens (including phenoxy) is 1. The van der Waals surface area contributed by atoms with E-state index in [1.54, 1.807) is 30.5 Å². The third-order valence-electron chi connectivity index (χ3n) is 3.75. The number of carboxylic acids is 1. The quantitative estimate of drug-likeness (QED) is 0.730. The maximum absolute atomic E-state index is 12.3. The summed E-state index contributed by atoms with van der Waals surface area (Å²) in [7, 11) is 0. The first-order valence-corrected chi connectivity index (χ1v) is 7.93. The van der Waals surface area contributed by atoms with Crippen molar-refractivity contribution in [3.8, 4) is 11.1 Å². The molecular weight excluding hydrogens is 318 g/mol. The maximum atomic E-state index is 12.3. The molecule has 0 fully saturated rings. The van der Waals surface area contributed by atoms with E-state index in [1.165, 1.54) is 4.57 Å². The van der Waals surface area contributed by atoms with Crippen LogP contribution in [0.1, 0.15) is 31.1 Å². The number of aromatic nitrogens is 1. The van der Waals surface area contributed by atoms with Crippen molar-refractivity contribution in [2.75, 3.05) is 0 Å². The van der Waals surface area contributed by atoms with E-state index >= 15 is 0 Å². The van der Waals surface area contributed by atoms with Crippen molar-refractivity contribution in [1.29, 1.82) is 0 Å². The van der Waals surface area contributed by atoms with Gasteiger partial charge in [0.25, 0.3) is 0 Å². The predicted molar refractivity (Wildman–Crippen MR) is 96.0 cm³/mol. The highest BCUT2D eigenvalue weighted by Gasteiger charge is 2.19. The van der Waals surface area contributed by atoms with Gasteiger partial charge in [-0.1, -0.05) is 18.2 Å². The van der Waals surface area contributed by atoms with Gasteiger partial charge in [-0.3, -0.25) is 4.57 Å². The minimum atomic E-state index is -0.948. The highest BCUT2D eigenvalue weighted by atomic mass is 16.6. The van der Waals surface area contributed by atoms with Crippen molar-refractivity contribution in [2.24, 2.45) is 0 Å². The molecule has 0 spiro atoms. The largest absolute Gasteiger partial charge is 0.478 e. The van der Waals surface area contributed by atoms with Gasteiger partial charge in [0.2, 0.25) is 0 Å². The molecule has 1 N–H and O–H groups in total. The van der Waals surface area contributed by atoms with E-state index in [2.05, 4.69) is 0 Å². The lowest BCUT2D eigenvalue weighted by Crippen LogP contribution is -2.26. The van der Waals surface area contributed by atoms with Crippen LogP contribution in [0.5, 0.6) is 0 Å². The standard InChI is InChI=1S/C20H19NO4/c1-20(2,3)25-19(24)21-11-10-16-12-15(8-9-17(16)21)13-4-6-14(7-5-13)18(22)23/h4-12H,1-3H3,(H,22,23). The maximum Gasteiger partial charge on any atom is 0.418 e. The fourth-order valence-corrected chi connectivity index (χ4v) is 2.60. The summed E-state index contributed by atoms with van der Waals surface area (Å²) in [6, 6.07) is 14.3. The molecule has 0 atom stereocenters. The van der Waals surface area contributed by atoms with Crippen LogP contribution in [0.2, 0.25) is 0 Å². The summed E-state index contributed by atoms with van der Waals surface area (Å²) < 4.78 is 6.89. The number of aromatic carboxylic acids is 1. The lowest BCUT2D eigenvalue weighted by molar-refractivity contribution is 0.0543. The fourth-order valence-electron chi connectivity index (χ4n) is 2.60. The molecule has 0 radical (unpaired) electrons. The second kappa shape index (κ2) is 6.09. The molecule has 1 aromatic heterocycles. The fraction of sp³-hybridized carbons (Fsp3) is 0.200. The average Bonchev–Trinajstić information content (AvgIpc) is 2.96. The number of fused-ring (bicyclic) bond motifs is 1. The molecular formula is C20H19NO4. The van der Waals surface area contributed by atoms with Crippen molar-refractivity contribution in [3.05, 3.63) is 60.3 Å². The molecule has 0 saturated heterocycles. The highest BCUT2D eigenvalue weighted by molar-refractivity contribution is 5.93. The van der Waals surface area contributed by atoms with Crippen LogP contribution in [0, 0.1) is 0 Å². The minimum Gasteiger partial charge on any atom is -0.478 e. The number of carbonyl (C=O) groups is 2. The Hall–Kier alpha value is -3.08. The molecule has 0 unspecified atom stereocenters. The monoisotopic (exact) mass is 337 g/mol. The molecule has 3 rings (SSSR count). The highest BCUT2D eigenvalue weighted by Crippen LogP contribution is 2.26. The molecule has 1 heterocycles. The molecule has 5 heteroatoms. The van der Waals surface area contributed by atoms with E-state index in [1.807, 2.05) is 45.0 Å². The third kappa shape index (κ3) is 3.55. The zero-order valence-corrected chi connectivity index (χ0v) is 14.3. The summed E-state index contributed by atoms with van der Waals surface area (Å²) in [6.45, 7) is 5.49. The Morgan fingerprint density at radius 3 is 2.20 bits per heavy atom. The third-order valence-corrected chi connectivity index (χ3v) is 3.75. The van der Waals surface area contributed by atoms with Crippen LogP contribution in [-0.4, -0.2) is 27.3 Å². The van der Waals surface area contributed by atoms with Gasteiger partial charge >= 0.3 is 12.1 Å². The molecule has 128 valence electrons. The summed E-state index contributed by atoms with van der Waals surface area (Å²) in [4.78, 5) is 23.2. The van der Waals surface area contributed by atoms with Crippen LogP contribution in [-0.2, 0) is 4.74 Å². The predicted octanol–water partition coefficient (Wildman–Crippen LogP) is 4.79. The van der Waals surface area contributed by atoms with Crippen LogP contribution in [0.3, 0.4) is 0 Å². The van der Waals surface area contributed by atoms with Gasteiger partial charge in [-0.2, -0.15) is 0 Å². The molecule has 0 aliphatic rings. The molecule has 3 aromatic rings. The van der Waals surface area contributed by atoms with E-state index in [0.29, 0.717) is 0 Å². The topological polar surface area (TPSA) is 68.5 Å². The Bertz CT molecular complexity index is 946. The van der Waals surface area contributed by atoms with Crippen molar-refractivity contribution in [1.82, 2.24) is 4.57 Å². The van der Waals surface area contributed by atoms with Gasteiger partial charge in [0.1, 0.15) is 5.60 Å². The van der Waals surface area contributed by atoms with Gasteiger partial charge in [0.15, 0.2) is 0 Å². The average molecular weight is 337 g/mol. The van der Waals surface area contributed by atoms with Gasteiger partial charge in [0, 0.05) is 11.6 Å². The van der Waals surface area contributed by atoms with E-state index in [-0.39, 0.29) is 5.56 Å². The number of rotatable bonds is 2. The Morgan fingerprint density at radius 2 is 1.60 bits per heavy atom. The summed E-state index contributed by atoms with van der Waals surface area (Å²) in [5.74, 6) is -0.948. The Kier molecular flexibility index (Phi) is 4.08. The summed E-state index contributed by atoms with van der Waals surface area (Å²) in [5.41, 5.74) is 2.32. The molecule has 2 aromatic carbocycles. The summed E-state index contributed by atoms with van der Waals surface area (Å²) in [5, 5.41) is 9.88. The number of hydrogen-bond donors (Lipinski definition) is 1. The first-order chi connectivity index (χ1) is 11.7. The molecule has 5 nitrogen and oxygen atoms in total. The van der Waals surface area contributed by atoms with Crippen LogP contribution < -0.4 is 0 Å². The Balaban J connectivity index is 1.94. The van der Waals surface area contributed by atoms with Gasteiger partial charge in [-0.15, -0.1) is 0 Å². The second-order valence-electron chi connectivity index (χ2n) is 6.82. The zero-order valence-electron chi connectivity index (χ0n) is 14.3. The van der Waals surface area contributed by atoms with Crippen molar-refractivity contribution >= 4 is 23.0 Å². The number of benzene rings is 2. The molecule has 0 aliphatic heterocycles. The second-order valence-corrected chi connectivity index (χ2v) is 6.82. The Labute approximate surface area is 145 Å². The molecule has 0 aliphatic carbocycles. The minimum absolute atomic E-state index is 0.251. The first-order valence-electron chi connectivity index (χ1n) is 7.93. The van der Waals surface area contributed by atoms with Crippen molar-refractivity contribution in [3.63, 3.8) is 0 Å². The lowest BCUT2D eigenvalue weighted by Gasteiger charge is -2.19.